The Labute approximate surface area is 174 Å². The molecule has 1 aromatic carbocycles. The van der Waals surface area contributed by atoms with Gasteiger partial charge in [-0.25, -0.2) is 4.39 Å². The summed E-state index contributed by atoms with van der Waals surface area (Å²) in [5.74, 6) is -0.805. The molecule has 1 saturated heterocycles. The molecule has 1 aliphatic heterocycles. The first-order chi connectivity index (χ1) is 13.8. The predicted octanol–water partition coefficient (Wildman–Crippen LogP) is 2.89. The smallest absolute Gasteiger partial charge is 0.264 e. The van der Waals surface area contributed by atoms with Crippen molar-refractivity contribution in [3.05, 3.63) is 52.0 Å². The minimum atomic E-state index is -0.317. The predicted molar refractivity (Wildman–Crippen MR) is 112 cm³/mol. The van der Waals surface area contributed by atoms with Gasteiger partial charge in [0.25, 0.3) is 5.91 Å². The van der Waals surface area contributed by atoms with Crippen LogP contribution in [0.25, 0.3) is 0 Å². The van der Waals surface area contributed by atoms with E-state index in [1.807, 2.05) is 30.2 Å². The molecule has 8 heteroatoms. The van der Waals surface area contributed by atoms with Crippen LogP contribution in [0.2, 0.25) is 0 Å². The summed E-state index contributed by atoms with van der Waals surface area (Å²) in [5, 5.41) is 4.56. The highest BCUT2D eigenvalue weighted by Gasteiger charge is 2.24. The fraction of sp³-hybridized carbons (Fsp3) is 0.429. The van der Waals surface area contributed by atoms with Gasteiger partial charge in [-0.15, -0.1) is 11.3 Å². The molecule has 3 rings (SSSR count). The lowest BCUT2D eigenvalue weighted by molar-refractivity contribution is -0.121. The Hall–Kier alpha value is -2.45. The number of nitrogens with zero attached hydrogens (tertiary/aromatic N) is 2. The molecule has 2 unspecified atom stereocenters. The van der Waals surface area contributed by atoms with Crippen molar-refractivity contribution < 1.29 is 18.7 Å². The minimum Gasteiger partial charge on any atom is -0.372 e. The lowest BCUT2D eigenvalue weighted by Gasteiger charge is -2.37. The number of amides is 2. The average Bonchev–Trinajstić information content (AvgIpc) is 3.19. The second kappa shape index (κ2) is 9.37. The van der Waals surface area contributed by atoms with Crippen molar-refractivity contribution in [3.63, 3.8) is 0 Å². The summed E-state index contributed by atoms with van der Waals surface area (Å²) in [6.07, 6.45) is 0.0944. The van der Waals surface area contributed by atoms with Gasteiger partial charge in [-0.2, -0.15) is 0 Å². The van der Waals surface area contributed by atoms with Crippen LogP contribution in [0.3, 0.4) is 0 Å². The van der Waals surface area contributed by atoms with Crippen LogP contribution < -0.4 is 10.2 Å². The summed E-state index contributed by atoms with van der Waals surface area (Å²) in [6.45, 7) is 5.38. The third-order valence-electron chi connectivity index (χ3n) is 4.72. The summed E-state index contributed by atoms with van der Waals surface area (Å²) in [6, 6.07) is 8.52. The first-order valence-corrected chi connectivity index (χ1v) is 10.5. The van der Waals surface area contributed by atoms with Crippen molar-refractivity contribution in [3.8, 4) is 0 Å². The topological polar surface area (TPSA) is 61.9 Å². The van der Waals surface area contributed by atoms with Gasteiger partial charge in [0.2, 0.25) is 5.91 Å². The number of anilines is 1. The van der Waals surface area contributed by atoms with E-state index in [1.54, 1.807) is 25.2 Å². The standard InChI is InChI=1S/C21H26FN3O3S/c1-14-11-25(12-15(2)28-14)18-7-6-16(9-17(18)22)10-23-20(26)13-24(3)21(27)19-5-4-8-29-19/h4-9,14-15H,10-13H2,1-3H3,(H,23,26). The van der Waals surface area contributed by atoms with Crippen molar-refractivity contribution in [2.45, 2.75) is 32.6 Å². The van der Waals surface area contributed by atoms with Crippen LogP contribution in [-0.2, 0) is 16.1 Å². The highest BCUT2D eigenvalue weighted by Crippen LogP contribution is 2.24. The van der Waals surface area contributed by atoms with Gasteiger partial charge in [0.1, 0.15) is 5.82 Å². The van der Waals surface area contributed by atoms with Crippen LogP contribution in [0.15, 0.2) is 35.7 Å². The largest absolute Gasteiger partial charge is 0.372 e. The molecule has 1 aliphatic rings. The van der Waals surface area contributed by atoms with E-state index in [-0.39, 0.29) is 42.9 Å². The zero-order chi connectivity index (χ0) is 21.0. The highest BCUT2D eigenvalue weighted by molar-refractivity contribution is 7.12. The first-order valence-electron chi connectivity index (χ1n) is 9.58. The van der Waals surface area contributed by atoms with Crippen molar-refractivity contribution in [1.82, 2.24) is 10.2 Å². The number of halogens is 1. The molecule has 1 fully saturated rings. The molecule has 1 aromatic heterocycles. The molecule has 0 radical (unpaired) electrons. The SMILES string of the molecule is CC1CN(c2ccc(CNC(=O)CN(C)C(=O)c3cccs3)cc2F)CC(C)O1. The van der Waals surface area contributed by atoms with Gasteiger partial charge in [0, 0.05) is 26.7 Å². The third kappa shape index (κ3) is 5.55. The molecule has 0 saturated carbocycles. The monoisotopic (exact) mass is 419 g/mol. The Bertz CT molecular complexity index is 849. The number of carbonyl (C=O) groups excluding carboxylic acids is 2. The van der Waals surface area contributed by atoms with E-state index < -0.39 is 0 Å². The van der Waals surface area contributed by atoms with Crippen molar-refractivity contribution in [2.24, 2.45) is 0 Å². The summed E-state index contributed by atoms with van der Waals surface area (Å²) < 4.78 is 20.3. The van der Waals surface area contributed by atoms with Gasteiger partial charge in [0.05, 0.1) is 29.3 Å². The molecule has 2 aromatic rings. The molecular formula is C21H26FN3O3S. The minimum absolute atomic E-state index is 0.0472. The number of hydrogen-bond donors (Lipinski definition) is 1. The second-order valence-electron chi connectivity index (χ2n) is 7.36. The van der Waals surface area contributed by atoms with E-state index >= 15 is 0 Å². The first kappa shape index (κ1) is 21.3. The summed E-state index contributed by atoms with van der Waals surface area (Å²) in [7, 11) is 1.58. The Morgan fingerprint density at radius 3 is 2.62 bits per heavy atom. The number of thiophene rings is 1. The van der Waals surface area contributed by atoms with E-state index in [2.05, 4.69) is 5.32 Å². The fourth-order valence-corrected chi connectivity index (χ4v) is 4.14. The Morgan fingerprint density at radius 1 is 1.28 bits per heavy atom. The van der Waals surface area contributed by atoms with Gasteiger partial charge in [-0.05, 0) is 43.0 Å². The van der Waals surface area contributed by atoms with Crippen LogP contribution in [0.5, 0.6) is 0 Å². The number of rotatable bonds is 6. The van der Waals surface area contributed by atoms with E-state index in [0.717, 1.165) is 0 Å². The molecule has 156 valence electrons. The average molecular weight is 420 g/mol. The van der Waals surface area contributed by atoms with Crippen LogP contribution in [0.1, 0.15) is 29.1 Å². The zero-order valence-corrected chi connectivity index (χ0v) is 17.7. The van der Waals surface area contributed by atoms with Gasteiger partial charge in [-0.1, -0.05) is 12.1 Å². The number of benzene rings is 1. The number of nitrogens with one attached hydrogen (secondary N) is 1. The van der Waals surface area contributed by atoms with Crippen molar-refractivity contribution >= 4 is 28.8 Å². The lowest BCUT2D eigenvalue weighted by Crippen LogP contribution is -2.45. The number of likely N-dealkylation sites (N-methyl/N-ethyl adjacent to an activating group) is 1. The van der Waals surface area contributed by atoms with Gasteiger partial charge in [0.15, 0.2) is 0 Å². The van der Waals surface area contributed by atoms with Gasteiger partial charge < -0.3 is 19.9 Å². The highest BCUT2D eigenvalue weighted by atomic mass is 32.1. The maximum atomic E-state index is 14.6. The molecule has 0 bridgehead atoms. The van der Waals surface area contributed by atoms with Crippen LogP contribution in [0, 0.1) is 5.82 Å². The van der Waals surface area contributed by atoms with Crippen LogP contribution in [0.4, 0.5) is 10.1 Å². The summed E-state index contributed by atoms with van der Waals surface area (Å²) in [5.41, 5.74) is 1.21. The van der Waals surface area contributed by atoms with E-state index in [1.165, 1.54) is 22.3 Å². The third-order valence-corrected chi connectivity index (χ3v) is 5.58. The van der Waals surface area contributed by atoms with Gasteiger partial charge in [-0.3, -0.25) is 9.59 Å². The summed E-state index contributed by atoms with van der Waals surface area (Å²) >= 11 is 1.34. The molecule has 0 aliphatic carbocycles. The zero-order valence-electron chi connectivity index (χ0n) is 16.9. The lowest BCUT2D eigenvalue weighted by atomic mass is 10.1. The molecule has 29 heavy (non-hydrogen) atoms. The quantitative estimate of drug-likeness (QED) is 0.782. The number of ether oxygens (including phenoxy) is 1. The maximum Gasteiger partial charge on any atom is 0.264 e. The van der Waals surface area contributed by atoms with Crippen molar-refractivity contribution in [1.29, 1.82) is 0 Å². The molecule has 2 atom stereocenters. The Kier molecular flexibility index (Phi) is 6.87. The Morgan fingerprint density at radius 2 is 2.00 bits per heavy atom. The van der Waals surface area contributed by atoms with Crippen LogP contribution in [-0.4, -0.2) is 55.6 Å². The van der Waals surface area contributed by atoms with E-state index in [9.17, 15) is 14.0 Å². The molecule has 2 amide bonds. The maximum absolute atomic E-state index is 14.6. The molecule has 6 nitrogen and oxygen atoms in total. The van der Waals surface area contributed by atoms with Crippen LogP contribution >= 0.6 is 11.3 Å². The number of hydrogen-bond acceptors (Lipinski definition) is 5. The number of carbonyl (C=O) groups is 2. The van der Waals surface area contributed by atoms with E-state index in [4.69, 9.17) is 4.74 Å². The summed E-state index contributed by atoms with van der Waals surface area (Å²) in [4.78, 5) is 28.3. The molecule has 0 spiro atoms. The molecular weight excluding hydrogens is 393 g/mol. The fourth-order valence-electron chi connectivity index (χ4n) is 3.42. The molecule has 2 heterocycles. The normalized spacial score (nSPS) is 19.1. The molecule has 1 N–H and O–H groups in total. The second-order valence-corrected chi connectivity index (χ2v) is 8.31. The van der Waals surface area contributed by atoms with Crippen molar-refractivity contribution in [2.75, 3.05) is 31.6 Å². The Balaban J connectivity index is 1.53. The number of morpholine rings is 1. The van der Waals surface area contributed by atoms with Gasteiger partial charge >= 0.3 is 0 Å². The van der Waals surface area contributed by atoms with E-state index in [0.29, 0.717) is 29.2 Å².